The highest BCUT2D eigenvalue weighted by Crippen LogP contribution is 2.27. The van der Waals surface area contributed by atoms with Crippen molar-refractivity contribution in [1.29, 1.82) is 0 Å². The number of piperazine rings is 1. The van der Waals surface area contributed by atoms with Crippen molar-refractivity contribution in [1.82, 2.24) is 14.5 Å². The fourth-order valence-corrected chi connectivity index (χ4v) is 3.81. The number of hydrogen-bond donors (Lipinski definition) is 0. The van der Waals surface area contributed by atoms with Crippen LogP contribution >= 0.6 is 11.5 Å². The summed E-state index contributed by atoms with van der Waals surface area (Å²) in [6.45, 7) is 5.11. The Kier molecular flexibility index (Phi) is 4.53. The SMILES string of the molecule is c1ccc(-c2snnc2CN2CCN(c3ccccc3)CC2)cc1. The van der Waals surface area contributed by atoms with Gasteiger partial charge in [-0.2, -0.15) is 0 Å². The van der Waals surface area contributed by atoms with Gasteiger partial charge in [-0.15, -0.1) is 5.10 Å². The normalized spacial score (nSPS) is 15.6. The maximum atomic E-state index is 4.38. The minimum absolute atomic E-state index is 0.878. The molecule has 0 saturated carbocycles. The zero-order valence-corrected chi connectivity index (χ0v) is 14.3. The predicted octanol–water partition coefficient (Wildman–Crippen LogP) is 3.53. The number of nitrogens with zero attached hydrogens (tertiary/aromatic N) is 4. The third kappa shape index (κ3) is 3.32. The average Bonchev–Trinajstić information content (AvgIpc) is 3.12. The molecule has 0 aliphatic carbocycles. The van der Waals surface area contributed by atoms with E-state index in [1.807, 2.05) is 6.07 Å². The summed E-state index contributed by atoms with van der Waals surface area (Å²) in [7, 11) is 0. The summed E-state index contributed by atoms with van der Waals surface area (Å²) < 4.78 is 4.18. The van der Waals surface area contributed by atoms with Gasteiger partial charge in [-0.05, 0) is 29.2 Å². The number of hydrogen-bond acceptors (Lipinski definition) is 5. The van der Waals surface area contributed by atoms with Crippen LogP contribution in [0.5, 0.6) is 0 Å². The molecule has 3 aromatic rings. The second-order valence-corrected chi connectivity index (χ2v) is 6.77. The van der Waals surface area contributed by atoms with E-state index in [-0.39, 0.29) is 0 Å². The van der Waals surface area contributed by atoms with E-state index in [9.17, 15) is 0 Å². The molecule has 0 unspecified atom stereocenters. The van der Waals surface area contributed by atoms with E-state index < -0.39 is 0 Å². The molecule has 4 rings (SSSR count). The van der Waals surface area contributed by atoms with Crippen molar-refractivity contribution in [3.8, 4) is 10.4 Å². The van der Waals surface area contributed by atoms with Crippen LogP contribution in [0, 0.1) is 0 Å². The Labute approximate surface area is 146 Å². The Morgan fingerprint density at radius 3 is 2.21 bits per heavy atom. The lowest BCUT2D eigenvalue weighted by atomic mass is 10.1. The minimum Gasteiger partial charge on any atom is -0.369 e. The average molecular weight is 336 g/mol. The van der Waals surface area contributed by atoms with E-state index in [4.69, 9.17) is 0 Å². The summed E-state index contributed by atoms with van der Waals surface area (Å²) in [4.78, 5) is 6.12. The molecule has 0 N–H and O–H groups in total. The van der Waals surface area contributed by atoms with Crippen LogP contribution in [0.4, 0.5) is 5.69 Å². The predicted molar refractivity (Wildman–Crippen MR) is 99.3 cm³/mol. The number of aromatic nitrogens is 2. The van der Waals surface area contributed by atoms with Crippen LogP contribution < -0.4 is 4.90 Å². The van der Waals surface area contributed by atoms with Gasteiger partial charge in [-0.3, -0.25) is 4.90 Å². The molecule has 122 valence electrons. The molecule has 5 heteroatoms. The number of anilines is 1. The van der Waals surface area contributed by atoms with E-state index in [0.717, 1.165) is 38.4 Å². The summed E-state index contributed by atoms with van der Waals surface area (Å²) in [6.07, 6.45) is 0. The monoisotopic (exact) mass is 336 g/mol. The lowest BCUT2D eigenvalue weighted by Crippen LogP contribution is -2.46. The molecule has 2 heterocycles. The van der Waals surface area contributed by atoms with Crippen LogP contribution in [0.2, 0.25) is 0 Å². The van der Waals surface area contributed by atoms with Gasteiger partial charge in [0.25, 0.3) is 0 Å². The minimum atomic E-state index is 0.878. The zero-order chi connectivity index (χ0) is 16.2. The molecule has 1 aromatic heterocycles. The van der Waals surface area contributed by atoms with Gasteiger partial charge in [0.1, 0.15) is 0 Å². The summed E-state index contributed by atoms with van der Waals surface area (Å²) in [5.74, 6) is 0. The van der Waals surface area contributed by atoms with Crippen LogP contribution in [0.15, 0.2) is 60.7 Å². The Hall–Kier alpha value is -2.24. The van der Waals surface area contributed by atoms with E-state index in [0.29, 0.717) is 0 Å². The van der Waals surface area contributed by atoms with Crippen molar-refractivity contribution >= 4 is 17.2 Å². The van der Waals surface area contributed by atoms with Crippen LogP contribution in [0.25, 0.3) is 10.4 Å². The molecular formula is C19H20N4S. The molecule has 1 aliphatic rings. The molecule has 0 atom stereocenters. The van der Waals surface area contributed by atoms with Crippen molar-refractivity contribution in [2.24, 2.45) is 0 Å². The molecule has 1 aliphatic heterocycles. The lowest BCUT2D eigenvalue weighted by Gasteiger charge is -2.35. The highest BCUT2D eigenvalue weighted by Gasteiger charge is 2.20. The van der Waals surface area contributed by atoms with Crippen molar-refractivity contribution in [2.75, 3.05) is 31.1 Å². The molecule has 0 spiro atoms. The van der Waals surface area contributed by atoms with Crippen molar-refractivity contribution in [3.63, 3.8) is 0 Å². The van der Waals surface area contributed by atoms with Gasteiger partial charge < -0.3 is 4.90 Å². The summed E-state index contributed by atoms with van der Waals surface area (Å²) in [5, 5.41) is 4.38. The summed E-state index contributed by atoms with van der Waals surface area (Å²) in [6, 6.07) is 21.1. The third-order valence-corrected chi connectivity index (χ3v) is 5.28. The molecule has 0 bridgehead atoms. The van der Waals surface area contributed by atoms with Crippen molar-refractivity contribution < 1.29 is 0 Å². The molecule has 1 saturated heterocycles. The number of rotatable bonds is 4. The van der Waals surface area contributed by atoms with Gasteiger partial charge in [-0.1, -0.05) is 53.0 Å². The maximum absolute atomic E-state index is 4.38. The largest absolute Gasteiger partial charge is 0.369 e. The van der Waals surface area contributed by atoms with Crippen LogP contribution in [-0.2, 0) is 6.54 Å². The fourth-order valence-electron chi connectivity index (χ4n) is 3.14. The molecule has 24 heavy (non-hydrogen) atoms. The number of para-hydroxylation sites is 1. The fraction of sp³-hybridized carbons (Fsp3) is 0.263. The molecule has 0 amide bonds. The molecule has 2 aromatic carbocycles. The van der Waals surface area contributed by atoms with E-state index in [1.54, 1.807) is 0 Å². The standard InChI is InChI=1S/C19H20N4S/c1-3-7-16(8-4-1)19-18(20-21-24-19)15-22-11-13-23(14-12-22)17-9-5-2-6-10-17/h1-10H,11-15H2. The van der Waals surface area contributed by atoms with Gasteiger partial charge in [0.05, 0.1) is 10.6 Å². The van der Waals surface area contributed by atoms with Gasteiger partial charge >= 0.3 is 0 Å². The van der Waals surface area contributed by atoms with Crippen molar-refractivity contribution in [2.45, 2.75) is 6.54 Å². The highest BCUT2D eigenvalue weighted by atomic mass is 32.1. The Morgan fingerprint density at radius 1 is 0.833 bits per heavy atom. The maximum Gasteiger partial charge on any atom is 0.0974 e. The second-order valence-electron chi connectivity index (χ2n) is 6.01. The quantitative estimate of drug-likeness (QED) is 0.730. The first-order valence-corrected chi connectivity index (χ1v) is 9.06. The topological polar surface area (TPSA) is 32.3 Å². The van der Waals surface area contributed by atoms with Gasteiger partial charge in [0.15, 0.2) is 0 Å². The number of benzene rings is 2. The molecule has 1 fully saturated rings. The Balaban J connectivity index is 1.41. The van der Waals surface area contributed by atoms with Crippen molar-refractivity contribution in [3.05, 3.63) is 66.4 Å². The molecule has 0 radical (unpaired) electrons. The first-order chi connectivity index (χ1) is 11.9. The summed E-state index contributed by atoms with van der Waals surface area (Å²) in [5.41, 5.74) is 3.63. The van der Waals surface area contributed by atoms with Gasteiger partial charge in [0.2, 0.25) is 0 Å². The van der Waals surface area contributed by atoms with E-state index in [2.05, 4.69) is 74.0 Å². The first kappa shape index (κ1) is 15.3. The lowest BCUT2D eigenvalue weighted by molar-refractivity contribution is 0.247. The van der Waals surface area contributed by atoms with E-state index >= 15 is 0 Å². The van der Waals surface area contributed by atoms with Gasteiger partial charge in [0, 0.05) is 38.4 Å². The second kappa shape index (κ2) is 7.11. The Morgan fingerprint density at radius 2 is 1.50 bits per heavy atom. The highest BCUT2D eigenvalue weighted by molar-refractivity contribution is 7.09. The van der Waals surface area contributed by atoms with Gasteiger partial charge in [-0.25, -0.2) is 0 Å². The smallest absolute Gasteiger partial charge is 0.0974 e. The zero-order valence-electron chi connectivity index (χ0n) is 13.5. The molecule has 4 nitrogen and oxygen atoms in total. The van der Waals surface area contributed by atoms with Crippen LogP contribution in [0.3, 0.4) is 0 Å². The van der Waals surface area contributed by atoms with Crippen LogP contribution in [-0.4, -0.2) is 40.7 Å². The first-order valence-electron chi connectivity index (χ1n) is 8.29. The third-order valence-electron chi connectivity index (χ3n) is 4.46. The van der Waals surface area contributed by atoms with E-state index in [1.165, 1.54) is 27.7 Å². The summed E-state index contributed by atoms with van der Waals surface area (Å²) >= 11 is 1.49. The van der Waals surface area contributed by atoms with Crippen LogP contribution in [0.1, 0.15) is 5.69 Å². The Bertz CT molecular complexity index is 764. The molecular weight excluding hydrogens is 316 g/mol.